The molecule has 6 heteroatoms. The molecule has 0 amide bonds. The summed E-state index contributed by atoms with van der Waals surface area (Å²) in [5.41, 5.74) is 4.96. The fourth-order valence-corrected chi connectivity index (χ4v) is 4.02. The number of aromatic nitrogens is 4. The van der Waals surface area contributed by atoms with Crippen LogP contribution in [0, 0.1) is 5.82 Å². The number of benzene rings is 1. The second-order valence-electron chi connectivity index (χ2n) is 7.40. The number of rotatable bonds is 6. The van der Waals surface area contributed by atoms with Crippen LogP contribution in [0.5, 0.6) is 0 Å². The second kappa shape index (κ2) is 8.16. The SMILES string of the molecule is Fc1ccc(-c2nc3n(c2-c2ccncc2)[C@H](COCc2ccncc2)CC3)cc1. The van der Waals surface area contributed by atoms with Gasteiger partial charge in [0, 0.05) is 42.3 Å². The molecule has 4 heterocycles. The van der Waals surface area contributed by atoms with Crippen LogP contribution < -0.4 is 0 Å². The summed E-state index contributed by atoms with van der Waals surface area (Å²) in [6.07, 6.45) is 9.00. The first-order chi connectivity index (χ1) is 14.8. The Hall–Kier alpha value is -3.38. The number of aryl methyl sites for hydroxylation is 1. The topological polar surface area (TPSA) is 52.8 Å². The Morgan fingerprint density at radius 1 is 0.900 bits per heavy atom. The molecular weight excluding hydrogens is 379 g/mol. The number of nitrogens with zero attached hydrogens (tertiary/aromatic N) is 4. The molecule has 0 saturated heterocycles. The highest BCUT2D eigenvalue weighted by atomic mass is 19.1. The predicted molar refractivity (Wildman–Crippen MR) is 112 cm³/mol. The Morgan fingerprint density at radius 2 is 1.60 bits per heavy atom. The average molecular weight is 400 g/mol. The minimum Gasteiger partial charge on any atom is -0.375 e. The van der Waals surface area contributed by atoms with Gasteiger partial charge in [-0.25, -0.2) is 9.37 Å². The molecular formula is C24H21FN4O. The molecule has 0 unspecified atom stereocenters. The lowest BCUT2D eigenvalue weighted by Gasteiger charge is -2.18. The molecule has 0 aliphatic carbocycles. The maximum absolute atomic E-state index is 13.5. The normalized spacial score (nSPS) is 15.3. The third-order valence-electron chi connectivity index (χ3n) is 5.45. The van der Waals surface area contributed by atoms with E-state index in [-0.39, 0.29) is 11.9 Å². The van der Waals surface area contributed by atoms with E-state index in [2.05, 4.69) is 14.5 Å². The van der Waals surface area contributed by atoms with Crippen molar-refractivity contribution in [1.29, 1.82) is 0 Å². The lowest BCUT2D eigenvalue weighted by Crippen LogP contribution is -2.13. The molecule has 1 atom stereocenters. The average Bonchev–Trinajstić information content (AvgIpc) is 3.35. The minimum absolute atomic E-state index is 0.201. The van der Waals surface area contributed by atoms with Gasteiger partial charge in [0.05, 0.1) is 30.6 Å². The first-order valence-electron chi connectivity index (χ1n) is 10.0. The van der Waals surface area contributed by atoms with Gasteiger partial charge in [-0.05, 0) is 60.5 Å². The number of hydrogen-bond acceptors (Lipinski definition) is 4. The quantitative estimate of drug-likeness (QED) is 0.464. The Balaban J connectivity index is 1.48. The van der Waals surface area contributed by atoms with Gasteiger partial charge in [0.15, 0.2) is 0 Å². The Bertz CT molecular complexity index is 1130. The summed E-state index contributed by atoms with van der Waals surface area (Å²) in [6.45, 7) is 1.16. The Kier molecular flexibility index (Phi) is 5.07. The van der Waals surface area contributed by atoms with Gasteiger partial charge in [0.2, 0.25) is 0 Å². The Morgan fingerprint density at radius 3 is 2.33 bits per heavy atom. The number of hydrogen-bond donors (Lipinski definition) is 0. The predicted octanol–water partition coefficient (Wildman–Crippen LogP) is 4.85. The van der Waals surface area contributed by atoms with E-state index in [9.17, 15) is 4.39 Å². The van der Waals surface area contributed by atoms with Crippen molar-refractivity contribution in [3.05, 3.63) is 90.5 Å². The maximum atomic E-state index is 13.5. The summed E-state index contributed by atoms with van der Waals surface area (Å²) in [4.78, 5) is 13.1. The first kappa shape index (κ1) is 18.6. The van der Waals surface area contributed by atoms with Crippen molar-refractivity contribution in [3.8, 4) is 22.5 Å². The van der Waals surface area contributed by atoms with Crippen molar-refractivity contribution in [1.82, 2.24) is 19.5 Å². The van der Waals surface area contributed by atoms with Crippen LogP contribution >= 0.6 is 0 Å². The summed E-state index contributed by atoms with van der Waals surface area (Å²) >= 11 is 0. The molecule has 4 aromatic rings. The van der Waals surface area contributed by atoms with E-state index < -0.39 is 0 Å². The summed E-state index contributed by atoms with van der Waals surface area (Å²) in [6, 6.07) is 14.6. The number of fused-ring (bicyclic) bond motifs is 1. The van der Waals surface area contributed by atoms with E-state index in [1.807, 2.05) is 24.3 Å². The number of pyridine rings is 2. The third kappa shape index (κ3) is 3.62. The van der Waals surface area contributed by atoms with Gasteiger partial charge >= 0.3 is 0 Å². The monoisotopic (exact) mass is 400 g/mol. The zero-order valence-electron chi connectivity index (χ0n) is 16.4. The molecule has 3 aromatic heterocycles. The maximum Gasteiger partial charge on any atom is 0.123 e. The zero-order chi connectivity index (χ0) is 20.3. The molecule has 5 nitrogen and oxygen atoms in total. The van der Waals surface area contributed by atoms with Crippen LogP contribution in [0.4, 0.5) is 4.39 Å². The van der Waals surface area contributed by atoms with E-state index in [1.165, 1.54) is 12.1 Å². The smallest absolute Gasteiger partial charge is 0.123 e. The van der Waals surface area contributed by atoms with E-state index in [4.69, 9.17) is 9.72 Å². The van der Waals surface area contributed by atoms with Crippen molar-refractivity contribution in [3.63, 3.8) is 0 Å². The molecule has 0 N–H and O–H groups in total. The fourth-order valence-electron chi connectivity index (χ4n) is 4.02. The van der Waals surface area contributed by atoms with Crippen LogP contribution in [-0.2, 0) is 17.8 Å². The molecule has 1 aliphatic rings. The summed E-state index contributed by atoms with van der Waals surface area (Å²) < 4.78 is 21.8. The van der Waals surface area contributed by atoms with Gasteiger partial charge in [0.25, 0.3) is 0 Å². The van der Waals surface area contributed by atoms with Crippen molar-refractivity contribution in [2.24, 2.45) is 0 Å². The van der Waals surface area contributed by atoms with Crippen LogP contribution in [0.15, 0.2) is 73.3 Å². The summed E-state index contributed by atoms with van der Waals surface area (Å²) in [7, 11) is 0. The van der Waals surface area contributed by atoms with E-state index in [1.54, 1.807) is 36.9 Å². The molecule has 0 bridgehead atoms. The van der Waals surface area contributed by atoms with E-state index in [0.717, 1.165) is 46.7 Å². The number of halogens is 1. The molecule has 0 radical (unpaired) electrons. The fraction of sp³-hybridized carbons (Fsp3) is 0.208. The van der Waals surface area contributed by atoms with Crippen LogP contribution in [0.1, 0.15) is 23.9 Å². The van der Waals surface area contributed by atoms with Gasteiger partial charge < -0.3 is 9.30 Å². The molecule has 5 rings (SSSR count). The molecule has 0 spiro atoms. The van der Waals surface area contributed by atoms with Crippen molar-refractivity contribution < 1.29 is 9.13 Å². The molecule has 150 valence electrons. The Labute approximate surface area is 174 Å². The van der Waals surface area contributed by atoms with Gasteiger partial charge in [-0.15, -0.1) is 0 Å². The van der Waals surface area contributed by atoms with Crippen molar-refractivity contribution >= 4 is 0 Å². The van der Waals surface area contributed by atoms with Crippen molar-refractivity contribution in [2.45, 2.75) is 25.5 Å². The highest BCUT2D eigenvalue weighted by molar-refractivity contribution is 5.79. The highest BCUT2D eigenvalue weighted by Crippen LogP contribution is 2.39. The molecule has 0 fully saturated rings. The number of imidazole rings is 1. The van der Waals surface area contributed by atoms with Crippen LogP contribution in [0.25, 0.3) is 22.5 Å². The molecule has 1 aromatic carbocycles. The van der Waals surface area contributed by atoms with Crippen LogP contribution in [0.2, 0.25) is 0 Å². The molecule has 0 saturated carbocycles. The van der Waals surface area contributed by atoms with Gasteiger partial charge in [0.1, 0.15) is 11.6 Å². The van der Waals surface area contributed by atoms with Gasteiger partial charge in [-0.3, -0.25) is 9.97 Å². The van der Waals surface area contributed by atoms with E-state index >= 15 is 0 Å². The van der Waals surface area contributed by atoms with Crippen LogP contribution in [0.3, 0.4) is 0 Å². The second-order valence-corrected chi connectivity index (χ2v) is 7.40. The standard InChI is InChI=1S/C24H21FN4O/c25-20-3-1-18(2-4-20)23-24(19-9-13-27-14-10-19)29-21(5-6-22(29)28-23)16-30-15-17-7-11-26-12-8-17/h1-4,7-14,21H,5-6,15-16H2/t21-/m0/s1. The third-order valence-corrected chi connectivity index (χ3v) is 5.45. The number of ether oxygens (including phenoxy) is 1. The minimum atomic E-state index is -0.252. The summed E-state index contributed by atoms with van der Waals surface area (Å²) in [5, 5.41) is 0. The van der Waals surface area contributed by atoms with Gasteiger partial charge in [-0.2, -0.15) is 0 Å². The molecule has 30 heavy (non-hydrogen) atoms. The largest absolute Gasteiger partial charge is 0.375 e. The lowest BCUT2D eigenvalue weighted by molar-refractivity contribution is 0.0924. The molecule has 1 aliphatic heterocycles. The first-order valence-corrected chi connectivity index (χ1v) is 10.0. The summed E-state index contributed by atoms with van der Waals surface area (Å²) in [5.74, 6) is 0.789. The zero-order valence-corrected chi connectivity index (χ0v) is 16.4. The van der Waals surface area contributed by atoms with Gasteiger partial charge in [-0.1, -0.05) is 0 Å². The van der Waals surface area contributed by atoms with E-state index in [0.29, 0.717) is 13.2 Å². The lowest BCUT2D eigenvalue weighted by atomic mass is 10.0. The van der Waals surface area contributed by atoms with Crippen molar-refractivity contribution in [2.75, 3.05) is 6.61 Å². The van der Waals surface area contributed by atoms with Crippen LogP contribution in [-0.4, -0.2) is 26.1 Å². The highest BCUT2D eigenvalue weighted by Gasteiger charge is 2.30.